The molecule has 7 heteroatoms. The van der Waals surface area contributed by atoms with Crippen molar-refractivity contribution in [3.63, 3.8) is 0 Å². The Balaban J connectivity index is 2.20. The Hall–Kier alpha value is -2.02. The van der Waals surface area contributed by atoms with E-state index in [1.54, 1.807) is 7.05 Å². The fourth-order valence-electron chi connectivity index (χ4n) is 2.08. The monoisotopic (exact) mass is 308 g/mol. The summed E-state index contributed by atoms with van der Waals surface area (Å²) in [4.78, 5) is 21.3. The standard InChI is InChI=1S/C14H17FN4OS/c1-7-12(21-9(3)18-7)8(2)19-14(20)10-5-6-17-13(16-4)11(10)15/h5-6,8H,1-4H3,(H,16,17)(H,19,20). The molecular weight excluding hydrogens is 291 g/mol. The van der Waals surface area contributed by atoms with Crippen LogP contribution in [-0.4, -0.2) is 22.9 Å². The highest BCUT2D eigenvalue weighted by Gasteiger charge is 2.20. The zero-order chi connectivity index (χ0) is 15.6. The van der Waals surface area contributed by atoms with Gasteiger partial charge in [0.2, 0.25) is 0 Å². The van der Waals surface area contributed by atoms with Crippen molar-refractivity contribution in [1.82, 2.24) is 15.3 Å². The van der Waals surface area contributed by atoms with Crippen LogP contribution in [0.5, 0.6) is 0 Å². The van der Waals surface area contributed by atoms with E-state index in [9.17, 15) is 9.18 Å². The number of nitrogens with zero attached hydrogens (tertiary/aromatic N) is 2. The molecule has 2 heterocycles. The third kappa shape index (κ3) is 3.18. The number of aryl methyl sites for hydroxylation is 2. The lowest BCUT2D eigenvalue weighted by molar-refractivity contribution is 0.0936. The number of hydrogen-bond acceptors (Lipinski definition) is 5. The summed E-state index contributed by atoms with van der Waals surface area (Å²) in [6.07, 6.45) is 1.40. The Morgan fingerprint density at radius 3 is 2.71 bits per heavy atom. The molecule has 21 heavy (non-hydrogen) atoms. The van der Waals surface area contributed by atoms with Crippen LogP contribution in [0.15, 0.2) is 12.3 Å². The van der Waals surface area contributed by atoms with Gasteiger partial charge in [-0.1, -0.05) is 0 Å². The minimum atomic E-state index is -0.651. The van der Waals surface area contributed by atoms with Crippen molar-refractivity contribution in [1.29, 1.82) is 0 Å². The maximum atomic E-state index is 14.1. The average molecular weight is 308 g/mol. The van der Waals surface area contributed by atoms with E-state index in [0.29, 0.717) is 0 Å². The molecule has 2 rings (SSSR count). The van der Waals surface area contributed by atoms with E-state index in [0.717, 1.165) is 15.6 Å². The van der Waals surface area contributed by atoms with Crippen LogP contribution in [0.25, 0.3) is 0 Å². The Kier molecular flexibility index (Phi) is 4.52. The van der Waals surface area contributed by atoms with Crippen molar-refractivity contribution in [2.24, 2.45) is 0 Å². The van der Waals surface area contributed by atoms with Gasteiger partial charge in [0.1, 0.15) is 0 Å². The van der Waals surface area contributed by atoms with Gasteiger partial charge >= 0.3 is 0 Å². The number of carbonyl (C=O) groups excluding carboxylic acids is 1. The largest absolute Gasteiger partial charge is 0.371 e. The summed E-state index contributed by atoms with van der Waals surface area (Å²) in [5, 5.41) is 6.35. The van der Waals surface area contributed by atoms with E-state index in [1.165, 1.54) is 23.6 Å². The highest BCUT2D eigenvalue weighted by molar-refractivity contribution is 7.11. The van der Waals surface area contributed by atoms with Gasteiger partial charge in [-0.25, -0.2) is 14.4 Å². The quantitative estimate of drug-likeness (QED) is 0.911. The molecular formula is C14H17FN4OS. The minimum Gasteiger partial charge on any atom is -0.371 e. The van der Waals surface area contributed by atoms with Crippen molar-refractivity contribution in [3.8, 4) is 0 Å². The van der Waals surface area contributed by atoms with Gasteiger partial charge in [-0.05, 0) is 26.8 Å². The number of hydrogen-bond donors (Lipinski definition) is 2. The van der Waals surface area contributed by atoms with E-state index < -0.39 is 11.7 Å². The molecule has 0 fully saturated rings. The van der Waals surface area contributed by atoms with Crippen LogP contribution in [0.4, 0.5) is 10.2 Å². The van der Waals surface area contributed by atoms with E-state index >= 15 is 0 Å². The van der Waals surface area contributed by atoms with Crippen LogP contribution in [0, 0.1) is 19.7 Å². The molecule has 5 nitrogen and oxygen atoms in total. The summed E-state index contributed by atoms with van der Waals surface area (Å²) in [6, 6.07) is 1.14. The number of halogens is 1. The lowest BCUT2D eigenvalue weighted by Gasteiger charge is -2.14. The molecule has 112 valence electrons. The van der Waals surface area contributed by atoms with Gasteiger partial charge in [0, 0.05) is 18.1 Å². The summed E-state index contributed by atoms with van der Waals surface area (Å²) in [5.41, 5.74) is 0.858. The van der Waals surface area contributed by atoms with Crippen molar-refractivity contribution in [2.45, 2.75) is 26.8 Å². The molecule has 0 aromatic carbocycles. The van der Waals surface area contributed by atoms with Gasteiger partial charge < -0.3 is 10.6 Å². The molecule has 0 aliphatic carbocycles. The summed E-state index contributed by atoms with van der Waals surface area (Å²) in [6.45, 7) is 5.67. The lowest BCUT2D eigenvalue weighted by Crippen LogP contribution is -2.27. The molecule has 1 atom stereocenters. The normalized spacial score (nSPS) is 12.0. The van der Waals surface area contributed by atoms with Gasteiger partial charge in [-0.2, -0.15) is 0 Å². The number of rotatable bonds is 4. The molecule has 0 bridgehead atoms. The van der Waals surface area contributed by atoms with E-state index in [4.69, 9.17) is 0 Å². The Bertz CT molecular complexity index is 671. The van der Waals surface area contributed by atoms with Crippen LogP contribution in [0.2, 0.25) is 0 Å². The second-order valence-corrected chi connectivity index (χ2v) is 5.88. The number of anilines is 1. The molecule has 0 aliphatic rings. The minimum absolute atomic E-state index is 0.0277. The SMILES string of the molecule is CNc1nccc(C(=O)NC(C)c2sc(C)nc2C)c1F. The highest BCUT2D eigenvalue weighted by Crippen LogP contribution is 2.25. The lowest BCUT2D eigenvalue weighted by atomic mass is 10.2. The second kappa shape index (κ2) is 6.17. The van der Waals surface area contributed by atoms with Crippen molar-refractivity contribution in [3.05, 3.63) is 39.2 Å². The Labute approximate surface area is 126 Å². The van der Waals surface area contributed by atoms with Gasteiger partial charge in [0.15, 0.2) is 11.6 Å². The predicted molar refractivity (Wildman–Crippen MR) is 81.2 cm³/mol. The zero-order valence-electron chi connectivity index (χ0n) is 12.3. The summed E-state index contributed by atoms with van der Waals surface area (Å²) >= 11 is 1.53. The van der Waals surface area contributed by atoms with E-state index in [1.807, 2.05) is 20.8 Å². The third-order valence-electron chi connectivity index (χ3n) is 3.05. The smallest absolute Gasteiger partial charge is 0.254 e. The first kappa shape index (κ1) is 15.4. The molecule has 2 aromatic heterocycles. The number of nitrogens with one attached hydrogen (secondary N) is 2. The maximum absolute atomic E-state index is 14.1. The fourth-order valence-corrected chi connectivity index (χ4v) is 3.01. The van der Waals surface area contributed by atoms with Gasteiger partial charge in [0.25, 0.3) is 5.91 Å². The van der Waals surface area contributed by atoms with Crippen molar-refractivity contribution < 1.29 is 9.18 Å². The first-order valence-electron chi connectivity index (χ1n) is 6.51. The first-order chi connectivity index (χ1) is 9.93. The maximum Gasteiger partial charge on any atom is 0.254 e. The number of carbonyl (C=O) groups is 1. The molecule has 0 saturated carbocycles. The summed E-state index contributed by atoms with van der Waals surface area (Å²) < 4.78 is 14.1. The topological polar surface area (TPSA) is 66.9 Å². The molecule has 0 radical (unpaired) electrons. The van der Waals surface area contributed by atoms with Crippen LogP contribution in [-0.2, 0) is 0 Å². The third-order valence-corrected chi connectivity index (χ3v) is 4.31. The van der Waals surface area contributed by atoms with Gasteiger partial charge in [-0.15, -0.1) is 11.3 Å². The molecule has 2 aromatic rings. The highest BCUT2D eigenvalue weighted by atomic mass is 32.1. The van der Waals surface area contributed by atoms with Crippen LogP contribution in [0.1, 0.15) is 38.9 Å². The summed E-state index contributed by atoms with van der Waals surface area (Å²) in [7, 11) is 1.55. The predicted octanol–water partition coefficient (Wildman–Crippen LogP) is 2.83. The van der Waals surface area contributed by atoms with Crippen molar-refractivity contribution >= 4 is 23.1 Å². The number of thiazole rings is 1. The van der Waals surface area contributed by atoms with Crippen LogP contribution in [0.3, 0.4) is 0 Å². The molecule has 2 N–H and O–H groups in total. The fraction of sp³-hybridized carbons (Fsp3) is 0.357. The van der Waals surface area contributed by atoms with Gasteiger partial charge in [0.05, 0.1) is 22.3 Å². The number of amides is 1. The average Bonchev–Trinajstić information content (AvgIpc) is 2.78. The van der Waals surface area contributed by atoms with Crippen LogP contribution < -0.4 is 10.6 Å². The van der Waals surface area contributed by atoms with E-state index in [-0.39, 0.29) is 17.4 Å². The first-order valence-corrected chi connectivity index (χ1v) is 7.32. The van der Waals surface area contributed by atoms with Crippen LogP contribution >= 0.6 is 11.3 Å². The number of aromatic nitrogens is 2. The molecule has 1 amide bonds. The molecule has 0 spiro atoms. The number of pyridine rings is 1. The molecule has 1 unspecified atom stereocenters. The molecule has 0 saturated heterocycles. The molecule has 0 aliphatic heterocycles. The van der Waals surface area contributed by atoms with E-state index in [2.05, 4.69) is 20.6 Å². The Morgan fingerprint density at radius 2 is 2.14 bits per heavy atom. The second-order valence-electron chi connectivity index (χ2n) is 4.65. The van der Waals surface area contributed by atoms with Crippen molar-refractivity contribution in [2.75, 3.05) is 12.4 Å². The van der Waals surface area contributed by atoms with Gasteiger partial charge in [-0.3, -0.25) is 4.79 Å². The zero-order valence-corrected chi connectivity index (χ0v) is 13.1. The Morgan fingerprint density at radius 1 is 1.43 bits per heavy atom. The summed E-state index contributed by atoms with van der Waals surface area (Å²) in [5.74, 6) is -1.06.